The van der Waals surface area contributed by atoms with Crippen LogP contribution in [0, 0.1) is 17.1 Å². The van der Waals surface area contributed by atoms with Crippen LogP contribution in [-0.4, -0.2) is 49.9 Å². The van der Waals surface area contributed by atoms with Crippen molar-refractivity contribution in [3.63, 3.8) is 0 Å². The summed E-state index contributed by atoms with van der Waals surface area (Å²) in [5.74, 6) is -0.385. The summed E-state index contributed by atoms with van der Waals surface area (Å²) in [6.45, 7) is 2.22. The minimum Gasteiger partial charge on any atom is -0.442 e. The first-order chi connectivity index (χ1) is 13.5. The summed E-state index contributed by atoms with van der Waals surface area (Å²) in [5.41, 5.74) is 7.47. The molecule has 0 bridgehead atoms. The zero-order valence-corrected chi connectivity index (χ0v) is 16.2. The van der Waals surface area contributed by atoms with Gasteiger partial charge < -0.3 is 20.7 Å². The fourth-order valence-electron chi connectivity index (χ4n) is 3.33. The van der Waals surface area contributed by atoms with Crippen molar-refractivity contribution in [3.8, 4) is 6.07 Å². The lowest BCUT2D eigenvalue weighted by Gasteiger charge is -2.30. The van der Waals surface area contributed by atoms with Crippen LogP contribution in [0.2, 0.25) is 0 Å². The molecule has 28 heavy (non-hydrogen) atoms. The smallest absolute Gasteiger partial charge is 0.414 e. The highest BCUT2D eigenvalue weighted by atomic mass is 32.1. The van der Waals surface area contributed by atoms with E-state index in [1.54, 1.807) is 18.2 Å². The number of carbonyl (C=O) groups excluding carboxylic acids is 1. The molecule has 0 saturated carbocycles. The third-order valence-corrected chi connectivity index (χ3v) is 5.16. The van der Waals surface area contributed by atoms with Crippen molar-refractivity contribution < 1.29 is 13.9 Å². The number of anilines is 2. The van der Waals surface area contributed by atoms with Crippen LogP contribution in [0.3, 0.4) is 0 Å². The van der Waals surface area contributed by atoms with Gasteiger partial charge in [0.25, 0.3) is 0 Å². The number of cyclic esters (lactones) is 1. The van der Waals surface area contributed by atoms with E-state index in [0.717, 1.165) is 18.4 Å². The van der Waals surface area contributed by atoms with Gasteiger partial charge in [-0.25, -0.2) is 9.18 Å². The third kappa shape index (κ3) is 4.58. The van der Waals surface area contributed by atoms with Crippen molar-refractivity contribution in [3.05, 3.63) is 35.7 Å². The van der Waals surface area contributed by atoms with E-state index in [4.69, 9.17) is 28.0 Å². The molecule has 2 fully saturated rings. The van der Waals surface area contributed by atoms with E-state index in [1.165, 1.54) is 11.0 Å². The Morgan fingerprint density at radius 2 is 2.21 bits per heavy atom. The second-order valence-corrected chi connectivity index (χ2v) is 7.17. The summed E-state index contributed by atoms with van der Waals surface area (Å²) < 4.78 is 20.0. The van der Waals surface area contributed by atoms with Crippen molar-refractivity contribution in [2.24, 2.45) is 5.73 Å². The number of thiocarbonyl (C=S) groups is 1. The van der Waals surface area contributed by atoms with Gasteiger partial charge >= 0.3 is 6.09 Å². The summed E-state index contributed by atoms with van der Waals surface area (Å²) >= 11 is 4.99. The van der Waals surface area contributed by atoms with E-state index in [9.17, 15) is 9.18 Å². The Balaban J connectivity index is 1.64. The maximum atomic E-state index is 14.7. The van der Waals surface area contributed by atoms with Gasteiger partial charge in [0.15, 0.2) is 0 Å². The number of halogens is 1. The van der Waals surface area contributed by atoms with E-state index in [-0.39, 0.29) is 18.5 Å². The zero-order valence-electron chi connectivity index (χ0n) is 15.4. The number of rotatable bonds is 5. The van der Waals surface area contributed by atoms with Crippen molar-refractivity contribution >= 4 is 34.7 Å². The maximum Gasteiger partial charge on any atom is 0.414 e. The Morgan fingerprint density at radius 3 is 2.86 bits per heavy atom. The SMILES string of the molecule is N#CC=C1CCN(c2ccc(N3CC(CNC(=S)CN)OC3=O)cc2F)CC1. The number of carbonyl (C=O) groups is 1. The molecule has 7 nitrogen and oxygen atoms in total. The van der Waals surface area contributed by atoms with Gasteiger partial charge in [0, 0.05) is 25.7 Å². The highest BCUT2D eigenvalue weighted by molar-refractivity contribution is 7.80. The Hall–Kier alpha value is -2.70. The summed E-state index contributed by atoms with van der Waals surface area (Å²) in [4.78, 5) is 16.0. The normalized spacial score (nSPS) is 19.2. The number of piperidine rings is 1. The van der Waals surface area contributed by atoms with Crippen LogP contribution in [0.15, 0.2) is 29.8 Å². The number of amides is 1. The molecule has 1 amide bonds. The van der Waals surface area contributed by atoms with E-state index in [0.29, 0.717) is 42.5 Å². The predicted octanol–water partition coefficient (Wildman–Crippen LogP) is 2.08. The molecule has 2 aliphatic heterocycles. The Morgan fingerprint density at radius 1 is 1.46 bits per heavy atom. The van der Waals surface area contributed by atoms with Crippen molar-refractivity contribution in [2.75, 3.05) is 42.5 Å². The van der Waals surface area contributed by atoms with Crippen molar-refractivity contribution in [1.29, 1.82) is 5.26 Å². The Bertz CT molecular complexity index is 828. The molecule has 1 aromatic rings. The number of ether oxygens (including phenoxy) is 1. The monoisotopic (exact) mass is 403 g/mol. The summed E-state index contributed by atoms with van der Waals surface area (Å²) in [7, 11) is 0. The van der Waals surface area contributed by atoms with Crippen LogP contribution in [0.1, 0.15) is 12.8 Å². The number of nitrogens with zero attached hydrogens (tertiary/aromatic N) is 3. The Labute approximate surface area is 168 Å². The lowest BCUT2D eigenvalue weighted by atomic mass is 10.0. The summed E-state index contributed by atoms with van der Waals surface area (Å²) in [6, 6.07) is 6.81. The van der Waals surface area contributed by atoms with Crippen LogP contribution in [-0.2, 0) is 4.74 Å². The molecule has 9 heteroatoms. The topological polar surface area (TPSA) is 94.6 Å². The molecule has 1 aromatic carbocycles. The van der Waals surface area contributed by atoms with Gasteiger partial charge in [0.2, 0.25) is 0 Å². The Kier molecular flexibility index (Phi) is 6.44. The molecular weight excluding hydrogens is 381 g/mol. The molecule has 1 unspecified atom stereocenters. The van der Waals surface area contributed by atoms with Crippen LogP contribution in [0.25, 0.3) is 0 Å². The zero-order chi connectivity index (χ0) is 20.1. The highest BCUT2D eigenvalue weighted by Crippen LogP contribution is 2.30. The largest absolute Gasteiger partial charge is 0.442 e. The van der Waals surface area contributed by atoms with Crippen LogP contribution >= 0.6 is 12.2 Å². The number of nitrogens with two attached hydrogens (primary N) is 1. The molecule has 0 aliphatic carbocycles. The predicted molar refractivity (Wildman–Crippen MR) is 109 cm³/mol. The molecule has 1 atom stereocenters. The van der Waals surface area contributed by atoms with Crippen LogP contribution in [0.4, 0.5) is 20.6 Å². The van der Waals surface area contributed by atoms with Gasteiger partial charge in [-0.3, -0.25) is 4.90 Å². The van der Waals surface area contributed by atoms with E-state index >= 15 is 0 Å². The molecule has 0 spiro atoms. The average molecular weight is 403 g/mol. The first-order valence-corrected chi connectivity index (χ1v) is 9.49. The fourth-order valence-corrected chi connectivity index (χ4v) is 3.41. The number of hydrogen-bond donors (Lipinski definition) is 2. The first kappa shape index (κ1) is 20.0. The first-order valence-electron chi connectivity index (χ1n) is 9.08. The number of benzene rings is 1. The summed E-state index contributed by atoms with van der Waals surface area (Å²) in [6.07, 6.45) is 2.16. The maximum absolute atomic E-state index is 14.7. The highest BCUT2D eigenvalue weighted by Gasteiger charge is 2.33. The van der Waals surface area contributed by atoms with Gasteiger partial charge in [0.1, 0.15) is 11.9 Å². The fraction of sp³-hybridized carbons (Fsp3) is 0.421. The van der Waals surface area contributed by atoms with Crippen molar-refractivity contribution in [2.45, 2.75) is 18.9 Å². The van der Waals surface area contributed by atoms with Gasteiger partial charge in [0.05, 0.1) is 35.5 Å². The standard InChI is InChI=1S/C19H22FN5O2S/c20-16-9-14(25-12-15(27-19(25)26)11-23-18(28)10-22)1-2-17(16)24-7-4-13(3-6-21)5-8-24/h1-3,9,15H,4-5,7-8,10-12,22H2,(H,23,28). The molecule has 3 rings (SSSR count). The lowest BCUT2D eigenvalue weighted by molar-refractivity contribution is 0.143. The molecule has 2 saturated heterocycles. The molecule has 0 radical (unpaired) electrons. The van der Waals surface area contributed by atoms with Crippen LogP contribution < -0.4 is 20.9 Å². The van der Waals surface area contributed by atoms with E-state index in [2.05, 4.69) is 5.32 Å². The number of nitriles is 1. The average Bonchev–Trinajstić information content (AvgIpc) is 3.07. The minimum absolute atomic E-state index is 0.233. The van der Waals surface area contributed by atoms with Gasteiger partial charge in [-0.05, 0) is 31.0 Å². The summed E-state index contributed by atoms with van der Waals surface area (Å²) in [5, 5.41) is 11.7. The van der Waals surface area contributed by atoms with Gasteiger partial charge in [-0.1, -0.05) is 17.8 Å². The number of nitrogens with one attached hydrogen (secondary N) is 1. The third-order valence-electron chi connectivity index (χ3n) is 4.84. The second kappa shape index (κ2) is 8.99. The molecule has 2 aliphatic rings. The van der Waals surface area contributed by atoms with E-state index in [1.807, 2.05) is 11.0 Å². The molecule has 0 aromatic heterocycles. The number of hydrogen-bond acceptors (Lipinski definition) is 6. The molecule has 148 valence electrons. The van der Waals surface area contributed by atoms with E-state index < -0.39 is 6.09 Å². The van der Waals surface area contributed by atoms with Gasteiger partial charge in [-0.2, -0.15) is 5.26 Å². The number of allylic oxidation sites excluding steroid dienone is 1. The molecule has 2 heterocycles. The lowest BCUT2D eigenvalue weighted by Crippen LogP contribution is -2.36. The minimum atomic E-state index is -0.512. The van der Waals surface area contributed by atoms with Crippen molar-refractivity contribution in [1.82, 2.24) is 5.32 Å². The quantitative estimate of drug-likeness (QED) is 0.574. The second-order valence-electron chi connectivity index (χ2n) is 6.68. The molecule has 3 N–H and O–H groups in total. The van der Waals surface area contributed by atoms with Crippen LogP contribution in [0.5, 0.6) is 0 Å². The van der Waals surface area contributed by atoms with Gasteiger partial charge in [-0.15, -0.1) is 0 Å². The molecular formula is C19H22FN5O2S.